The molecule has 0 radical (unpaired) electrons. The number of ether oxygens (including phenoxy) is 3. The van der Waals surface area contributed by atoms with Crippen LogP contribution in [0.1, 0.15) is 42.0 Å². The molecule has 6 heteroatoms. The van der Waals surface area contributed by atoms with Crippen LogP contribution in [-0.4, -0.2) is 31.7 Å². The third-order valence-corrected chi connectivity index (χ3v) is 5.23. The van der Waals surface area contributed by atoms with Gasteiger partial charge in [0.2, 0.25) is 0 Å². The van der Waals surface area contributed by atoms with Crippen LogP contribution in [0.15, 0.2) is 48.5 Å². The SMILES string of the molecule is O=C(COC(=O)/C=C/c1ccc2c(c1)OCCCO2)N[C@@H]1CCCc2ccccc21. The number of carbonyl (C=O) groups excluding carboxylic acids is 2. The first-order valence-corrected chi connectivity index (χ1v) is 10.3. The fourth-order valence-electron chi connectivity index (χ4n) is 3.77. The van der Waals surface area contributed by atoms with E-state index >= 15 is 0 Å². The van der Waals surface area contributed by atoms with Gasteiger partial charge in [0, 0.05) is 12.5 Å². The average molecular weight is 407 g/mol. The van der Waals surface area contributed by atoms with Crippen molar-refractivity contribution in [3.8, 4) is 11.5 Å². The van der Waals surface area contributed by atoms with Crippen LogP contribution in [0.3, 0.4) is 0 Å². The molecular weight excluding hydrogens is 382 g/mol. The van der Waals surface area contributed by atoms with Crippen molar-refractivity contribution in [2.75, 3.05) is 19.8 Å². The van der Waals surface area contributed by atoms with E-state index in [1.807, 2.05) is 36.4 Å². The van der Waals surface area contributed by atoms with E-state index < -0.39 is 5.97 Å². The van der Waals surface area contributed by atoms with Crippen LogP contribution in [0, 0.1) is 0 Å². The Hall–Kier alpha value is -3.28. The molecule has 0 spiro atoms. The van der Waals surface area contributed by atoms with E-state index in [2.05, 4.69) is 11.4 Å². The lowest BCUT2D eigenvalue weighted by atomic mass is 9.88. The molecule has 1 heterocycles. The molecule has 0 saturated carbocycles. The monoisotopic (exact) mass is 407 g/mol. The Morgan fingerprint density at radius 1 is 1.07 bits per heavy atom. The summed E-state index contributed by atoms with van der Waals surface area (Å²) in [6, 6.07) is 13.6. The molecule has 1 aliphatic heterocycles. The number of rotatable bonds is 5. The normalized spacial score (nSPS) is 17.7. The average Bonchev–Trinajstić information content (AvgIpc) is 3.01. The van der Waals surface area contributed by atoms with Crippen molar-refractivity contribution >= 4 is 18.0 Å². The van der Waals surface area contributed by atoms with E-state index in [4.69, 9.17) is 14.2 Å². The molecule has 156 valence electrons. The van der Waals surface area contributed by atoms with Crippen LogP contribution >= 0.6 is 0 Å². The maximum Gasteiger partial charge on any atom is 0.331 e. The molecule has 1 N–H and O–H groups in total. The molecule has 2 aliphatic rings. The van der Waals surface area contributed by atoms with Gasteiger partial charge in [0.1, 0.15) is 0 Å². The van der Waals surface area contributed by atoms with Crippen LogP contribution < -0.4 is 14.8 Å². The maximum atomic E-state index is 12.2. The second-order valence-electron chi connectivity index (χ2n) is 7.41. The lowest BCUT2D eigenvalue weighted by Crippen LogP contribution is -2.34. The zero-order chi connectivity index (χ0) is 20.8. The lowest BCUT2D eigenvalue weighted by Gasteiger charge is -2.26. The molecule has 0 aromatic heterocycles. The summed E-state index contributed by atoms with van der Waals surface area (Å²) in [5.41, 5.74) is 3.21. The van der Waals surface area contributed by atoms with Crippen molar-refractivity contribution < 1.29 is 23.8 Å². The van der Waals surface area contributed by atoms with Crippen LogP contribution in [0.5, 0.6) is 11.5 Å². The van der Waals surface area contributed by atoms with Crippen molar-refractivity contribution in [2.45, 2.75) is 31.7 Å². The number of hydrogen-bond acceptors (Lipinski definition) is 5. The van der Waals surface area contributed by atoms with E-state index in [0.29, 0.717) is 24.7 Å². The number of hydrogen-bond donors (Lipinski definition) is 1. The van der Waals surface area contributed by atoms with E-state index in [9.17, 15) is 9.59 Å². The molecule has 1 aliphatic carbocycles. The van der Waals surface area contributed by atoms with Gasteiger partial charge >= 0.3 is 5.97 Å². The minimum absolute atomic E-state index is 0.0292. The summed E-state index contributed by atoms with van der Waals surface area (Å²) in [5, 5.41) is 2.97. The van der Waals surface area contributed by atoms with Gasteiger partial charge in [-0.3, -0.25) is 4.79 Å². The summed E-state index contributed by atoms with van der Waals surface area (Å²) in [6.45, 7) is 0.925. The fraction of sp³-hybridized carbons (Fsp3) is 0.333. The highest BCUT2D eigenvalue weighted by atomic mass is 16.5. The largest absolute Gasteiger partial charge is 0.490 e. The van der Waals surface area contributed by atoms with E-state index in [0.717, 1.165) is 36.8 Å². The first-order chi connectivity index (χ1) is 14.7. The Kier molecular flexibility index (Phi) is 6.32. The first-order valence-electron chi connectivity index (χ1n) is 10.3. The Bertz CT molecular complexity index is 952. The molecule has 0 fully saturated rings. The summed E-state index contributed by atoms with van der Waals surface area (Å²) in [4.78, 5) is 24.3. The van der Waals surface area contributed by atoms with Crippen LogP contribution in [-0.2, 0) is 20.7 Å². The van der Waals surface area contributed by atoms with Gasteiger partial charge in [0.05, 0.1) is 19.3 Å². The molecule has 0 bridgehead atoms. The van der Waals surface area contributed by atoms with Crippen LogP contribution in [0.4, 0.5) is 0 Å². The second kappa shape index (κ2) is 9.48. The number of amides is 1. The molecule has 30 heavy (non-hydrogen) atoms. The fourth-order valence-corrected chi connectivity index (χ4v) is 3.77. The third-order valence-electron chi connectivity index (χ3n) is 5.23. The summed E-state index contributed by atoms with van der Waals surface area (Å²) in [7, 11) is 0. The molecule has 0 unspecified atom stereocenters. The second-order valence-corrected chi connectivity index (χ2v) is 7.41. The van der Waals surface area contributed by atoms with E-state index in [1.165, 1.54) is 11.6 Å². The van der Waals surface area contributed by atoms with Crippen molar-refractivity contribution in [1.29, 1.82) is 0 Å². The molecule has 1 atom stereocenters. The molecule has 6 nitrogen and oxygen atoms in total. The van der Waals surface area contributed by atoms with Gasteiger partial charge in [0.15, 0.2) is 18.1 Å². The highest BCUT2D eigenvalue weighted by molar-refractivity contribution is 5.89. The van der Waals surface area contributed by atoms with Gasteiger partial charge in [-0.25, -0.2) is 4.79 Å². The Morgan fingerprint density at radius 3 is 2.80 bits per heavy atom. The molecule has 0 saturated heterocycles. The Labute approximate surface area is 175 Å². The predicted molar refractivity (Wildman–Crippen MR) is 112 cm³/mol. The van der Waals surface area contributed by atoms with Crippen molar-refractivity contribution in [2.24, 2.45) is 0 Å². The molecule has 4 rings (SSSR count). The van der Waals surface area contributed by atoms with Gasteiger partial charge in [0.25, 0.3) is 5.91 Å². The van der Waals surface area contributed by atoms with Gasteiger partial charge in [-0.15, -0.1) is 0 Å². The third kappa shape index (κ3) is 5.00. The minimum Gasteiger partial charge on any atom is -0.490 e. The number of nitrogens with one attached hydrogen (secondary N) is 1. The van der Waals surface area contributed by atoms with Gasteiger partial charge < -0.3 is 19.5 Å². The number of fused-ring (bicyclic) bond motifs is 2. The number of benzene rings is 2. The standard InChI is InChI=1S/C24H25NO5/c26-23(25-20-8-3-6-18-5-1-2-7-19(18)20)16-30-24(27)12-10-17-9-11-21-22(15-17)29-14-4-13-28-21/h1-2,5,7,9-12,15,20H,3-4,6,8,13-14,16H2,(H,25,26)/b12-10+/t20-/m1/s1. The van der Waals surface area contributed by atoms with Crippen LogP contribution in [0.25, 0.3) is 6.08 Å². The summed E-state index contributed by atoms with van der Waals surface area (Å²) in [5.74, 6) is 0.499. The zero-order valence-corrected chi connectivity index (χ0v) is 16.8. The molecule has 1 amide bonds. The smallest absolute Gasteiger partial charge is 0.331 e. The van der Waals surface area contributed by atoms with Crippen LogP contribution in [0.2, 0.25) is 0 Å². The number of carbonyl (C=O) groups is 2. The first kappa shape index (κ1) is 20.0. The summed E-state index contributed by atoms with van der Waals surface area (Å²) >= 11 is 0. The number of esters is 1. The van der Waals surface area contributed by atoms with Gasteiger partial charge in [-0.05, 0) is 54.2 Å². The minimum atomic E-state index is -0.568. The Balaban J connectivity index is 1.28. The topological polar surface area (TPSA) is 73.9 Å². The molecule has 2 aromatic rings. The van der Waals surface area contributed by atoms with Crippen molar-refractivity contribution in [3.05, 3.63) is 65.2 Å². The van der Waals surface area contributed by atoms with Gasteiger partial charge in [-0.2, -0.15) is 0 Å². The van der Waals surface area contributed by atoms with Crippen molar-refractivity contribution in [3.63, 3.8) is 0 Å². The van der Waals surface area contributed by atoms with Crippen molar-refractivity contribution in [1.82, 2.24) is 5.32 Å². The Morgan fingerprint density at radius 2 is 1.90 bits per heavy atom. The number of aryl methyl sites for hydroxylation is 1. The molecule has 2 aromatic carbocycles. The molecular formula is C24H25NO5. The predicted octanol–water partition coefficient (Wildman–Crippen LogP) is 3.60. The lowest BCUT2D eigenvalue weighted by molar-refractivity contribution is -0.144. The van der Waals surface area contributed by atoms with E-state index in [-0.39, 0.29) is 18.6 Å². The van der Waals surface area contributed by atoms with E-state index in [1.54, 1.807) is 6.08 Å². The summed E-state index contributed by atoms with van der Waals surface area (Å²) < 4.78 is 16.3. The highest BCUT2D eigenvalue weighted by Crippen LogP contribution is 2.31. The quantitative estimate of drug-likeness (QED) is 0.606. The highest BCUT2D eigenvalue weighted by Gasteiger charge is 2.21. The maximum absolute atomic E-state index is 12.2. The zero-order valence-electron chi connectivity index (χ0n) is 16.8. The van der Waals surface area contributed by atoms with Gasteiger partial charge in [-0.1, -0.05) is 30.3 Å². The summed E-state index contributed by atoms with van der Waals surface area (Å²) in [6.07, 6.45) is 6.72.